The highest BCUT2D eigenvalue weighted by Crippen LogP contribution is 2.23. The van der Waals surface area contributed by atoms with Crippen molar-refractivity contribution in [3.05, 3.63) is 23.8 Å². The first-order chi connectivity index (χ1) is 10.4. The number of ether oxygens (including phenoxy) is 1. The summed E-state index contributed by atoms with van der Waals surface area (Å²) in [6, 6.07) is 7.97. The Hall–Kier alpha value is -2.22. The Bertz CT molecular complexity index is 547. The second kappa shape index (κ2) is 8.28. The molecule has 0 bridgehead atoms. The van der Waals surface area contributed by atoms with Gasteiger partial charge in [0, 0.05) is 24.5 Å². The van der Waals surface area contributed by atoms with Crippen molar-refractivity contribution in [2.24, 2.45) is 5.92 Å². The molecule has 0 aliphatic carbocycles. The minimum absolute atomic E-state index is 0.336. The molecule has 1 N–H and O–H groups in total. The number of carbonyl (C=O) groups excluding carboxylic acids is 1. The van der Waals surface area contributed by atoms with Crippen LogP contribution in [-0.2, 0) is 4.74 Å². The van der Waals surface area contributed by atoms with Crippen molar-refractivity contribution in [1.29, 1.82) is 5.26 Å². The van der Waals surface area contributed by atoms with Gasteiger partial charge in [0.1, 0.15) is 6.10 Å². The van der Waals surface area contributed by atoms with E-state index in [-0.39, 0.29) is 5.92 Å². The molecule has 0 saturated heterocycles. The molecule has 1 aromatic rings. The summed E-state index contributed by atoms with van der Waals surface area (Å²) in [6.45, 7) is 11.5. The van der Waals surface area contributed by atoms with Crippen LogP contribution in [0.3, 0.4) is 0 Å². The summed E-state index contributed by atoms with van der Waals surface area (Å²) >= 11 is 0. The van der Waals surface area contributed by atoms with Crippen molar-refractivity contribution in [2.45, 2.75) is 40.7 Å². The average molecular weight is 303 g/mol. The molecule has 1 rings (SSSR count). The normalized spacial score (nSPS) is 12.9. The minimum Gasteiger partial charge on any atom is -0.445 e. The third-order valence-electron chi connectivity index (χ3n) is 3.78. The Kier molecular flexibility index (Phi) is 6.71. The van der Waals surface area contributed by atoms with E-state index >= 15 is 0 Å². The summed E-state index contributed by atoms with van der Waals surface area (Å²) in [5, 5.41) is 11.5. The third kappa shape index (κ3) is 4.66. The smallest absolute Gasteiger partial charge is 0.411 e. The average Bonchev–Trinajstić information content (AvgIpc) is 2.50. The van der Waals surface area contributed by atoms with Crippen LogP contribution in [-0.4, -0.2) is 25.3 Å². The number of rotatable bonds is 6. The van der Waals surface area contributed by atoms with Gasteiger partial charge in [-0.3, -0.25) is 5.32 Å². The zero-order valence-corrected chi connectivity index (χ0v) is 14.0. The van der Waals surface area contributed by atoms with Crippen LogP contribution < -0.4 is 10.2 Å². The van der Waals surface area contributed by atoms with Crippen LogP contribution in [0.1, 0.15) is 33.3 Å². The molecule has 120 valence electrons. The van der Waals surface area contributed by atoms with Gasteiger partial charge in [-0.25, -0.2) is 4.79 Å². The molecule has 0 spiro atoms. The zero-order valence-electron chi connectivity index (χ0n) is 14.0. The SMILES string of the molecule is CCN(CC)c1ccc(NC(=O)OC(C)C(C)C#N)c(C)c1. The van der Waals surface area contributed by atoms with Crippen molar-refractivity contribution in [1.82, 2.24) is 0 Å². The molecule has 0 radical (unpaired) electrons. The van der Waals surface area contributed by atoms with Gasteiger partial charge in [0.05, 0.1) is 12.0 Å². The fourth-order valence-electron chi connectivity index (χ4n) is 2.09. The van der Waals surface area contributed by atoms with Gasteiger partial charge in [-0.05, 0) is 58.4 Å². The number of hydrogen-bond acceptors (Lipinski definition) is 4. The molecule has 5 heteroatoms. The highest BCUT2D eigenvalue weighted by molar-refractivity contribution is 5.86. The summed E-state index contributed by atoms with van der Waals surface area (Å²) in [6.07, 6.45) is -0.978. The summed E-state index contributed by atoms with van der Waals surface area (Å²) < 4.78 is 5.20. The molecular weight excluding hydrogens is 278 g/mol. The lowest BCUT2D eigenvalue weighted by Crippen LogP contribution is -2.25. The van der Waals surface area contributed by atoms with Gasteiger partial charge < -0.3 is 9.64 Å². The van der Waals surface area contributed by atoms with E-state index in [0.29, 0.717) is 0 Å². The van der Waals surface area contributed by atoms with E-state index in [4.69, 9.17) is 10.00 Å². The van der Waals surface area contributed by atoms with Crippen LogP contribution in [0.4, 0.5) is 16.2 Å². The number of anilines is 2. The number of benzene rings is 1. The lowest BCUT2D eigenvalue weighted by molar-refractivity contribution is 0.103. The van der Waals surface area contributed by atoms with Crippen LogP contribution >= 0.6 is 0 Å². The number of nitriles is 1. The second-order valence-corrected chi connectivity index (χ2v) is 5.32. The van der Waals surface area contributed by atoms with Gasteiger partial charge in [-0.2, -0.15) is 5.26 Å². The lowest BCUT2D eigenvalue weighted by atomic mass is 10.1. The van der Waals surface area contributed by atoms with E-state index in [1.165, 1.54) is 0 Å². The first-order valence-corrected chi connectivity index (χ1v) is 7.65. The molecule has 22 heavy (non-hydrogen) atoms. The fraction of sp³-hybridized carbons (Fsp3) is 0.529. The molecule has 0 aromatic heterocycles. The third-order valence-corrected chi connectivity index (χ3v) is 3.78. The number of carbonyl (C=O) groups is 1. The number of amides is 1. The van der Waals surface area contributed by atoms with Crippen LogP contribution in [0.25, 0.3) is 0 Å². The highest BCUT2D eigenvalue weighted by atomic mass is 16.6. The molecular formula is C17H25N3O2. The van der Waals surface area contributed by atoms with E-state index < -0.39 is 12.2 Å². The Labute approximate surface area is 132 Å². The maximum atomic E-state index is 11.9. The van der Waals surface area contributed by atoms with Crippen molar-refractivity contribution in [3.63, 3.8) is 0 Å². The molecule has 0 heterocycles. The summed E-state index contributed by atoms with van der Waals surface area (Å²) in [7, 11) is 0. The summed E-state index contributed by atoms with van der Waals surface area (Å²) in [5.41, 5.74) is 2.83. The Morgan fingerprint density at radius 1 is 1.36 bits per heavy atom. The maximum Gasteiger partial charge on any atom is 0.411 e. The first-order valence-electron chi connectivity index (χ1n) is 7.65. The van der Waals surface area contributed by atoms with E-state index in [9.17, 15) is 4.79 Å². The quantitative estimate of drug-likeness (QED) is 0.864. The lowest BCUT2D eigenvalue weighted by Gasteiger charge is -2.22. The topological polar surface area (TPSA) is 65.4 Å². The minimum atomic E-state index is -0.534. The molecule has 2 atom stereocenters. The van der Waals surface area contributed by atoms with Crippen LogP contribution in [0, 0.1) is 24.2 Å². The van der Waals surface area contributed by atoms with E-state index in [1.807, 2.05) is 25.1 Å². The second-order valence-electron chi connectivity index (χ2n) is 5.32. The Balaban J connectivity index is 2.74. The predicted molar refractivity (Wildman–Crippen MR) is 89.1 cm³/mol. The van der Waals surface area contributed by atoms with Gasteiger partial charge in [0.2, 0.25) is 0 Å². The van der Waals surface area contributed by atoms with Gasteiger partial charge in [-0.1, -0.05) is 0 Å². The largest absolute Gasteiger partial charge is 0.445 e. The fourth-order valence-corrected chi connectivity index (χ4v) is 2.09. The zero-order chi connectivity index (χ0) is 16.7. The van der Waals surface area contributed by atoms with Gasteiger partial charge in [0.15, 0.2) is 0 Å². The molecule has 1 aromatic carbocycles. The van der Waals surface area contributed by atoms with Crippen molar-refractivity contribution < 1.29 is 9.53 Å². The number of nitrogens with one attached hydrogen (secondary N) is 1. The molecule has 5 nitrogen and oxygen atoms in total. The molecule has 0 fully saturated rings. The Morgan fingerprint density at radius 2 is 2.00 bits per heavy atom. The number of hydrogen-bond donors (Lipinski definition) is 1. The molecule has 0 saturated carbocycles. The van der Waals surface area contributed by atoms with Gasteiger partial charge in [0.25, 0.3) is 0 Å². The molecule has 0 aliphatic heterocycles. The van der Waals surface area contributed by atoms with E-state index in [2.05, 4.69) is 30.1 Å². The first kappa shape index (κ1) is 17.8. The van der Waals surface area contributed by atoms with Crippen molar-refractivity contribution >= 4 is 17.5 Å². The van der Waals surface area contributed by atoms with Crippen LogP contribution in [0.15, 0.2) is 18.2 Å². The van der Waals surface area contributed by atoms with Gasteiger partial charge >= 0.3 is 6.09 Å². The monoisotopic (exact) mass is 303 g/mol. The molecule has 1 amide bonds. The molecule has 2 unspecified atom stereocenters. The summed E-state index contributed by atoms with van der Waals surface area (Å²) in [4.78, 5) is 14.1. The van der Waals surface area contributed by atoms with Crippen LogP contribution in [0.5, 0.6) is 0 Å². The van der Waals surface area contributed by atoms with Gasteiger partial charge in [-0.15, -0.1) is 0 Å². The van der Waals surface area contributed by atoms with Crippen LogP contribution in [0.2, 0.25) is 0 Å². The predicted octanol–water partition coefficient (Wildman–Crippen LogP) is 3.94. The number of aryl methyl sites for hydroxylation is 1. The standard InChI is InChI=1S/C17H25N3O2/c1-6-20(7-2)15-8-9-16(12(3)10-15)19-17(21)22-14(5)13(4)11-18/h8-10,13-14H,6-7H2,1-5H3,(H,19,21). The van der Waals surface area contributed by atoms with Crippen molar-refractivity contribution in [3.8, 4) is 6.07 Å². The van der Waals surface area contributed by atoms with Crippen molar-refractivity contribution in [2.75, 3.05) is 23.3 Å². The molecule has 0 aliphatic rings. The van der Waals surface area contributed by atoms with E-state index in [1.54, 1.807) is 13.8 Å². The number of nitrogens with zero attached hydrogens (tertiary/aromatic N) is 2. The maximum absolute atomic E-state index is 11.9. The van der Waals surface area contributed by atoms with E-state index in [0.717, 1.165) is 30.0 Å². The highest BCUT2D eigenvalue weighted by Gasteiger charge is 2.17. The summed E-state index contributed by atoms with van der Waals surface area (Å²) in [5.74, 6) is -0.336. The Morgan fingerprint density at radius 3 is 2.50 bits per heavy atom.